The summed E-state index contributed by atoms with van der Waals surface area (Å²) < 4.78 is 1.02. The second kappa shape index (κ2) is 5.20. The van der Waals surface area contributed by atoms with E-state index in [2.05, 4.69) is 26.2 Å². The van der Waals surface area contributed by atoms with Crippen LogP contribution >= 0.6 is 27.3 Å². The van der Waals surface area contributed by atoms with Gasteiger partial charge in [-0.15, -0.1) is 11.3 Å². The molecule has 0 fully saturated rings. The van der Waals surface area contributed by atoms with Crippen LogP contribution in [0.5, 0.6) is 0 Å². The van der Waals surface area contributed by atoms with Crippen LogP contribution in [-0.2, 0) is 0 Å². The van der Waals surface area contributed by atoms with E-state index in [1.54, 1.807) is 5.51 Å². The van der Waals surface area contributed by atoms with Crippen LogP contribution in [0.1, 0.15) is 26.5 Å². The molecule has 2 rings (SSSR count). The van der Waals surface area contributed by atoms with E-state index in [1.165, 1.54) is 11.3 Å². The number of hydrogen-bond donors (Lipinski definition) is 1. The standard InChI is InChI=1S/C13H13BrN2OS/c1-7-4-10(14)5-8(2)11(7)16-13(17)12-9(3)15-6-18-12/h4-6H,1-3H3,(H,16,17). The van der Waals surface area contributed by atoms with Crippen LogP contribution in [0.25, 0.3) is 0 Å². The first-order valence-electron chi connectivity index (χ1n) is 5.47. The minimum Gasteiger partial charge on any atom is -0.321 e. The molecule has 3 nitrogen and oxygen atoms in total. The van der Waals surface area contributed by atoms with Crippen LogP contribution in [-0.4, -0.2) is 10.9 Å². The fourth-order valence-corrected chi connectivity index (χ4v) is 3.18. The van der Waals surface area contributed by atoms with Crippen LogP contribution in [0.15, 0.2) is 22.1 Å². The Balaban J connectivity index is 2.31. The summed E-state index contributed by atoms with van der Waals surface area (Å²) in [7, 11) is 0. The normalized spacial score (nSPS) is 10.4. The average molecular weight is 325 g/mol. The Morgan fingerprint density at radius 3 is 2.39 bits per heavy atom. The Hall–Kier alpha value is -1.20. The highest BCUT2D eigenvalue weighted by molar-refractivity contribution is 9.10. The third-order valence-electron chi connectivity index (χ3n) is 2.69. The number of hydrogen-bond acceptors (Lipinski definition) is 3. The minimum absolute atomic E-state index is 0.0940. The van der Waals surface area contributed by atoms with Gasteiger partial charge in [0.25, 0.3) is 5.91 Å². The number of nitrogens with zero attached hydrogens (tertiary/aromatic N) is 1. The maximum Gasteiger partial charge on any atom is 0.267 e. The number of carbonyl (C=O) groups is 1. The van der Waals surface area contributed by atoms with E-state index in [9.17, 15) is 4.79 Å². The molecular formula is C13H13BrN2OS. The fraction of sp³-hybridized carbons (Fsp3) is 0.231. The van der Waals surface area contributed by atoms with Gasteiger partial charge in [0.2, 0.25) is 0 Å². The molecule has 0 radical (unpaired) electrons. The molecule has 18 heavy (non-hydrogen) atoms. The van der Waals surface area contributed by atoms with Gasteiger partial charge in [-0.2, -0.15) is 0 Å². The summed E-state index contributed by atoms with van der Waals surface area (Å²) in [5, 5.41) is 2.96. The van der Waals surface area contributed by atoms with Gasteiger partial charge < -0.3 is 5.32 Å². The fourth-order valence-electron chi connectivity index (χ4n) is 1.80. The largest absolute Gasteiger partial charge is 0.321 e. The molecule has 0 aliphatic rings. The molecule has 0 bridgehead atoms. The van der Waals surface area contributed by atoms with Gasteiger partial charge in [-0.3, -0.25) is 4.79 Å². The maximum absolute atomic E-state index is 12.1. The van der Waals surface area contributed by atoms with E-state index >= 15 is 0 Å². The number of amides is 1. The summed E-state index contributed by atoms with van der Waals surface area (Å²) in [5.41, 5.74) is 5.40. The van der Waals surface area contributed by atoms with E-state index < -0.39 is 0 Å². The third kappa shape index (κ3) is 2.62. The van der Waals surface area contributed by atoms with E-state index in [1.807, 2.05) is 32.9 Å². The number of carbonyl (C=O) groups excluding carboxylic acids is 1. The number of benzene rings is 1. The molecule has 1 aromatic heterocycles. The van der Waals surface area contributed by atoms with Crippen molar-refractivity contribution in [1.29, 1.82) is 0 Å². The highest BCUT2D eigenvalue weighted by Crippen LogP contribution is 2.26. The number of aryl methyl sites for hydroxylation is 3. The molecule has 0 spiro atoms. The SMILES string of the molecule is Cc1cc(Br)cc(C)c1NC(=O)c1scnc1C. The monoisotopic (exact) mass is 324 g/mol. The van der Waals surface area contributed by atoms with Crippen molar-refractivity contribution in [3.63, 3.8) is 0 Å². The predicted molar refractivity (Wildman–Crippen MR) is 78.4 cm³/mol. The van der Waals surface area contributed by atoms with Gasteiger partial charge in [-0.1, -0.05) is 15.9 Å². The van der Waals surface area contributed by atoms with E-state index in [0.717, 1.165) is 27.0 Å². The summed E-state index contributed by atoms with van der Waals surface area (Å²) in [6, 6.07) is 3.98. The highest BCUT2D eigenvalue weighted by atomic mass is 79.9. The Morgan fingerprint density at radius 1 is 1.28 bits per heavy atom. The molecule has 1 amide bonds. The zero-order valence-electron chi connectivity index (χ0n) is 10.4. The number of rotatable bonds is 2. The number of thiazole rings is 1. The topological polar surface area (TPSA) is 42.0 Å². The Labute approximate surface area is 118 Å². The van der Waals surface area contributed by atoms with Crippen molar-refractivity contribution in [2.75, 3.05) is 5.32 Å². The van der Waals surface area contributed by atoms with Gasteiger partial charge in [0.05, 0.1) is 11.2 Å². The minimum atomic E-state index is -0.0940. The first-order valence-corrected chi connectivity index (χ1v) is 7.14. The van der Waals surface area contributed by atoms with Crippen LogP contribution in [0.3, 0.4) is 0 Å². The lowest BCUT2D eigenvalue weighted by Gasteiger charge is -2.11. The van der Waals surface area contributed by atoms with E-state index in [0.29, 0.717) is 4.88 Å². The third-order valence-corrected chi connectivity index (χ3v) is 4.07. The van der Waals surface area contributed by atoms with Crippen molar-refractivity contribution in [2.45, 2.75) is 20.8 Å². The van der Waals surface area contributed by atoms with Crippen molar-refractivity contribution in [3.8, 4) is 0 Å². The molecular weight excluding hydrogens is 312 g/mol. The van der Waals surface area contributed by atoms with Crippen LogP contribution in [0, 0.1) is 20.8 Å². The number of halogens is 1. The molecule has 0 unspecified atom stereocenters. The lowest BCUT2D eigenvalue weighted by atomic mass is 10.1. The summed E-state index contributed by atoms with van der Waals surface area (Å²) >= 11 is 4.80. The Morgan fingerprint density at radius 2 is 1.89 bits per heavy atom. The molecule has 1 aromatic carbocycles. The van der Waals surface area contributed by atoms with Crippen molar-refractivity contribution in [2.24, 2.45) is 0 Å². The molecule has 0 atom stereocenters. The molecule has 0 aliphatic heterocycles. The van der Waals surface area contributed by atoms with Gasteiger partial charge in [-0.05, 0) is 44.0 Å². The number of anilines is 1. The van der Waals surface area contributed by atoms with Crippen LogP contribution < -0.4 is 5.32 Å². The van der Waals surface area contributed by atoms with Gasteiger partial charge in [0.1, 0.15) is 4.88 Å². The summed E-state index contributed by atoms with van der Waals surface area (Å²) in [6.07, 6.45) is 0. The summed E-state index contributed by atoms with van der Waals surface area (Å²) in [4.78, 5) is 16.9. The first kappa shape index (κ1) is 13.2. The van der Waals surface area contributed by atoms with Crippen molar-refractivity contribution < 1.29 is 4.79 Å². The van der Waals surface area contributed by atoms with Gasteiger partial charge in [-0.25, -0.2) is 4.98 Å². The molecule has 2 aromatic rings. The summed E-state index contributed by atoms with van der Waals surface area (Å²) in [5.74, 6) is -0.0940. The number of aromatic nitrogens is 1. The molecule has 0 aliphatic carbocycles. The van der Waals surface area contributed by atoms with Crippen LogP contribution in [0.4, 0.5) is 5.69 Å². The molecule has 5 heteroatoms. The second-order valence-corrected chi connectivity index (χ2v) is 5.91. The number of nitrogens with one attached hydrogen (secondary N) is 1. The predicted octanol–water partition coefficient (Wildman–Crippen LogP) is 4.08. The molecule has 0 saturated carbocycles. The highest BCUT2D eigenvalue weighted by Gasteiger charge is 2.14. The van der Waals surface area contributed by atoms with Crippen LogP contribution in [0.2, 0.25) is 0 Å². The molecule has 0 saturated heterocycles. The van der Waals surface area contributed by atoms with E-state index in [-0.39, 0.29) is 5.91 Å². The second-order valence-electron chi connectivity index (χ2n) is 4.14. The Bertz CT molecular complexity index is 584. The van der Waals surface area contributed by atoms with Crippen molar-refractivity contribution in [3.05, 3.63) is 43.8 Å². The molecule has 1 N–H and O–H groups in total. The smallest absolute Gasteiger partial charge is 0.267 e. The van der Waals surface area contributed by atoms with Gasteiger partial charge in [0.15, 0.2) is 0 Å². The zero-order valence-corrected chi connectivity index (χ0v) is 12.8. The van der Waals surface area contributed by atoms with Crippen molar-refractivity contribution >= 4 is 38.9 Å². The van der Waals surface area contributed by atoms with Gasteiger partial charge in [0, 0.05) is 10.2 Å². The maximum atomic E-state index is 12.1. The van der Waals surface area contributed by atoms with Gasteiger partial charge >= 0.3 is 0 Å². The summed E-state index contributed by atoms with van der Waals surface area (Å²) in [6.45, 7) is 5.80. The average Bonchev–Trinajstić information content (AvgIpc) is 2.69. The molecule has 1 heterocycles. The van der Waals surface area contributed by atoms with Crippen molar-refractivity contribution in [1.82, 2.24) is 4.98 Å². The molecule has 94 valence electrons. The Kier molecular flexibility index (Phi) is 3.82. The lowest BCUT2D eigenvalue weighted by molar-refractivity contribution is 0.102. The quantitative estimate of drug-likeness (QED) is 0.904. The van der Waals surface area contributed by atoms with E-state index in [4.69, 9.17) is 0 Å². The first-order chi connectivity index (χ1) is 8.49. The lowest BCUT2D eigenvalue weighted by Crippen LogP contribution is -2.13. The zero-order chi connectivity index (χ0) is 13.3.